The summed E-state index contributed by atoms with van der Waals surface area (Å²) < 4.78 is 0. The summed E-state index contributed by atoms with van der Waals surface area (Å²) in [4.78, 5) is 25.0. The van der Waals surface area contributed by atoms with Gasteiger partial charge in [0.25, 0.3) is 0 Å². The number of aliphatic hydroxyl groups is 1. The number of carbonyl (C=O) groups excluding carboxylic acids is 2. The average molecular weight is 248 g/mol. The number of aryl methyl sites for hydroxylation is 1. The van der Waals surface area contributed by atoms with E-state index in [9.17, 15) is 9.59 Å². The van der Waals surface area contributed by atoms with Crippen LogP contribution in [0.2, 0.25) is 0 Å². The van der Waals surface area contributed by atoms with E-state index in [-0.39, 0.29) is 13.2 Å². The van der Waals surface area contributed by atoms with E-state index in [0.29, 0.717) is 6.54 Å². The van der Waals surface area contributed by atoms with E-state index in [1.54, 1.807) is 0 Å². The van der Waals surface area contributed by atoms with Gasteiger partial charge in [-0.1, -0.05) is 12.1 Å². The molecule has 96 valence electrons. The van der Waals surface area contributed by atoms with Gasteiger partial charge in [-0.3, -0.25) is 9.59 Å². The van der Waals surface area contributed by atoms with Gasteiger partial charge in [-0.15, -0.1) is 0 Å². The Kier molecular flexibility index (Phi) is 3.62. The van der Waals surface area contributed by atoms with Gasteiger partial charge in [0.15, 0.2) is 0 Å². The summed E-state index contributed by atoms with van der Waals surface area (Å²) in [6.45, 7) is 2.46. The molecule has 1 aliphatic heterocycles. The number of hydrogen-bond acceptors (Lipinski definition) is 3. The summed E-state index contributed by atoms with van der Waals surface area (Å²) in [6.07, 6.45) is 0.779. The minimum absolute atomic E-state index is 0.0963. The molecule has 5 heteroatoms. The normalized spacial score (nSPS) is 13.3. The van der Waals surface area contributed by atoms with Crippen molar-refractivity contribution >= 4 is 17.5 Å². The van der Waals surface area contributed by atoms with E-state index in [0.717, 1.165) is 23.2 Å². The molecule has 5 nitrogen and oxygen atoms in total. The third-order valence-corrected chi connectivity index (χ3v) is 3.10. The molecule has 1 heterocycles. The minimum atomic E-state index is -0.668. The maximum absolute atomic E-state index is 12.0. The van der Waals surface area contributed by atoms with Crippen LogP contribution in [-0.2, 0) is 16.0 Å². The zero-order valence-electron chi connectivity index (χ0n) is 10.3. The lowest BCUT2D eigenvalue weighted by atomic mass is 10.1. The van der Waals surface area contributed by atoms with Crippen LogP contribution in [0.25, 0.3) is 0 Å². The van der Waals surface area contributed by atoms with Crippen LogP contribution in [-0.4, -0.2) is 36.6 Å². The Morgan fingerprint density at radius 3 is 2.94 bits per heavy atom. The number of hydrogen-bond donors (Lipinski definition) is 2. The van der Waals surface area contributed by atoms with Gasteiger partial charge in [-0.2, -0.15) is 0 Å². The van der Waals surface area contributed by atoms with E-state index in [1.807, 2.05) is 25.1 Å². The summed E-state index contributed by atoms with van der Waals surface area (Å²) in [6, 6.07) is 5.73. The van der Waals surface area contributed by atoms with Crippen LogP contribution >= 0.6 is 0 Å². The second-order valence-corrected chi connectivity index (χ2v) is 4.26. The fourth-order valence-corrected chi connectivity index (χ4v) is 2.19. The number of amides is 2. The highest BCUT2D eigenvalue weighted by Crippen LogP contribution is 2.30. The Labute approximate surface area is 105 Å². The van der Waals surface area contributed by atoms with Crippen molar-refractivity contribution in [2.75, 3.05) is 24.6 Å². The molecule has 1 aliphatic rings. The van der Waals surface area contributed by atoms with Crippen LogP contribution in [0.5, 0.6) is 0 Å². The number of benzene rings is 1. The maximum atomic E-state index is 12.0. The number of nitrogens with one attached hydrogen (secondary N) is 1. The standard InChI is InChI=1S/C13H16N2O3/c1-9-3-2-4-11-10(9)5-7-15(11)13(18)12(17)14-6-8-16/h2-4,16H,5-8H2,1H3,(H,14,17). The number of carbonyl (C=O) groups is 2. The summed E-state index contributed by atoms with van der Waals surface area (Å²) in [5.74, 6) is -1.23. The molecule has 0 radical (unpaired) electrons. The highest BCUT2D eigenvalue weighted by molar-refractivity contribution is 6.40. The van der Waals surface area contributed by atoms with Crippen molar-refractivity contribution in [1.82, 2.24) is 5.32 Å². The highest BCUT2D eigenvalue weighted by Gasteiger charge is 2.29. The van der Waals surface area contributed by atoms with Gasteiger partial charge in [0.05, 0.1) is 6.61 Å². The van der Waals surface area contributed by atoms with Crippen LogP contribution in [0.1, 0.15) is 11.1 Å². The molecule has 0 bridgehead atoms. The van der Waals surface area contributed by atoms with Gasteiger partial charge in [-0.25, -0.2) is 0 Å². The smallest absolute Gasteiger partial charge is 0.316 e. The van der Waals surface area contributed by atoms with Gasteiger partial charge in [0.2, 0.25) is 0 Å². The SMILES string of the molecule is Cc1cccc2c1CCN2C(=O)C(=O)NCCO. The monoisotopic (exact) mass is 248 g/mol. The Bertz CT molecular complexity index is 485. The fraction of sp³-hybridized carbons (Fsp3) is 0.385. The predicted molar refractivity (Wildman–Crippen MR) is 67.3 cm³/mol. The summed E-state index contributed by atoms with van der Waals surface area (Å²) in [5.41, 5.74) is 3.08. The average Bonchev–Trinajstić information content (AvgIpc) is 2.80. The van der Waals surface area contributed by atoms with Gasteiger partial charge < -0.3 is 15.3 Å². The first kappa shape index (κ1) is 12.6. The molecule has 1 aromatic carbocycles. The number of aliphatic hydroxyl groups excluding tert-OH is 1. The zero-order chi connectivity index (χ0) is 13.1. The van der Waals surface area contributed by atoms with Crippen molar-refractivity contribution in [3.8, 4) is 0 Å². The molecular weight excluding hydrogens is 232 g/mol. The van der Waals surface area contributed by atoms with Gasteiger partial charge in [0.1, 0.15) is 0 Å². The topological polar surface area (TPSA) is 69.6 Å². The molecule has 0 aromatic heterocycles. The van der Waals surface area contributed by atoms with Crippen LogP contribution in [0.3, 0.4) is 0 Å². The Morgan fingerprint density at radius 2 is 2.22 bits per heavy atom. The van der Waals surface area contributed by atoms with E-state index in [2.05, 4.69) is 5.32 Å². The first-order chi connectivity index (χ1) is 8.65. The summed E-state index contributed by atoms with van der Waals surface area (Å²) >= 11 is 0. The molecule has 18 heavy (non-hydrogen) atoms. The molecule has 1 aromatic rings. The molecule has 2 amide bonds. The molecule has 2 N–H and O–H groups in total. The van der Waals surface area contributed by atoms with E-state index >= 15 is 0 Å². The van der Waals surface area contributed by atoms with E-state index in [1.165, 1.54) is 4.90 Å². The van der Waals surface area contributed by atoms with Crippen LogP contribution in [0, 0.1) is 6.92 Å². The van der Waals surface area contributed by atoms with Crippen molar-refractivity contribution in [1.29, 1.82) is 0 Å². The fourth-order valence-electron chi connectivity index (χ4n) is 2.19. The second-order valence-electron chi connectivity index (χ2n) is 4.26. The lowest BCUT2D eigenvalue weighted by Crippen LogP contribution is -2.43. The van der Waals surface area contributed by atoms with Crippen LogP contribution in [0.15, 0.2) is 18.2 Å². The highest BCUT2D eigenvalue weighted by atomic mass is 16.3. The largest absolute Gasteiger partial charge is 0.395 e. The summed E-state index contributed by atoms with van der Waals surface area (Å²) in [5, 5.41) is 11.0. The zero-order valence-corrected chi connectivity index (χ0v) is 10.3. The lowest BCUT2D eigenvalue weighted by molar-refractivity contribution is -0.137. The van der Waals surface area contributed by atoms with Crippen molar-refractivity contribution in [2.45, 2.75) is 13.3 Å². The molecule has 0 unspecified atom stereocenters. The van der Waals surface area contributed by atoms with Crippen molar-refractivity contribution < 1.29 is 14.7 Å². The van der Waals surface area contributed by atoms with E-state index < -0.39 is 11.8 Å². The number of rotatable bonds is 2. The molecule has 0 fully saturated rings. The van der Waals surface area contributed by atoms with Crippen molar-refractivity contribution in [3.63, 3.8) is 0 Å². The van der Waals surface area contributed by atoms with Crippen molar-refractivity contribution in [3.05, 3.63) is 29.3 Å². The van der Waals surface area contributed by atoms with Gasteiger partial charge in [-0.05, 0) is 30.5 Å². The van der Waals surface area contributed by atoms with Crippen LogP contribution < -0.4 is 10.2 Å². The maximum Gasteiger partial charge on any atom is 0.316 e. The van der Waals surface area contributed by atoms with Gasteiger partial charge >= 0.3 is 11.8 Å². The lowest BCUT2D eigenvalue weighted by Gasteiger charge is -2.16. The summed E-state index contributed by atoms with van der Waals surface area (Å²) in [7, 11) is 0. The number of nitrogens with zero attached hydrogens (tertiary/aromatic N) is 1. The predicted octanol–water partition coefficient (Wildman–Crippen LogP) is -0.00738. The molecule has 0 aliphatic carbocycles. The first-order valence-electron chi connectivity index (χ1n) is 5.94. The Hall–Kier alpha value is -1.88. The number of anilines is 1. The molecule has 0 atom stereocenters. The quantitative estimate of drug-likeness (QED) is 0.723. The second kappa shape index (κ2) is 5.18. The van der Waals surface area contributed by atoms with Crippen LogP contribution in [0.4, 0.5) is 5.69 Å². The third-order valence-electron chi connectivity index (χ3n) is 3.10. The minimum Gasteiger partial charge on any atom is -0.395 e. The Morgan fingerprint density at radius 1 is 1.44 bits per heavy atom. The van der Waals surface area contributed by atoms with E-state index in [4.69, 9.17) is 5.11 Å². The molecular formula is C13H16N2O3. The molecule has 0 saturated carbocycles. The van der Waals surface area contributed by atoms with Gasteiger partial charge in [0, 0.05) is 18.8 Å². The van der Waals surface area contributed by atoms with Crippen molar-refractivity contribution in [2.24, 2.45) is 0 Å². The molecule has 0 spiro atoms. The Balaban J connectivity index is 2.16. The first-order valence-corrected chi connectivity index (χ1v) is 5.94. The third kappa shape index (κ3) is 2.22. The number of fused-ring (bicyclic) bond motifs is 1. The molecule has 0 saturated heterocycles. The molecule has 2 rings (SSSR count).